The Morgan fingerprint density at radius 1 is 1.11 bits per heavy atom. The van der Waals surface area contributed by atoms with Crippen molar-refractivity contribution in [3.05, 3.63) is 59.2 Å². The summed E-state index contributed by atoms with van der Waals surface area (Å²) in [5, 5.41) is 17.5. The summed E-state index contributed by atoms with van der Waals surface area (Å²) in [6.07, 6.45) is 5.72. The molecule has 0 saturated heterocycles. The monoisotopic (exact) mass is 512 g/mol. The molecule has 3 aliphatic carbocycles. The Labute approximate surface area is 211 Å². The fourth-order valence-corrected chi connectivity index (χ4v) is 7.48. The van der Waals surface area contributed by atoms with E-state index in [1.54, 1.807) is 6.07 Å². The third-order valence-electron chi connectivity index (χ3n) is 8.74. The van der Waals surface area contributed by atoms with Crippen LogP contribution in [0.3, 0.4) is 0 Å². The molecule has 36 heavy (non-hydrogen) atoms. The van der Waals surface area contributed by atoms with Gasteiger partial charge in [-0.15, -0.1) is 0 Å². The van der Waals surface area contributed by atoms with E-state index in [2.05, 4.69) is 18.3 Å². The number of primary sulfonamides is 1. The number of ether oxygens (including phenoxy) is 1. The van der Waals surface area contributed by atoms with E-state index in [4.69, 9.17) is 9.88 Å². The SMILES string of the molecule is CC12CCC3c4ccc(O)cc4CCC3C1CCC2OC(=O)CNC(=O)c1ccc(S(N)(=O)=O)cc1. The Bertz CT molecular complexity index is 1290. The maximum Gasteiger partial charge on any atom is 0.325 e. The van der Waals surface area contributed by atoms with Gasteiger partial charge < -0.3 is 15.2 Å². The number of hydrogen-bond donors (Lipinski definition) is 3. The number of sulfonamides is 1. The van der Waals surface area contributed by atoms with E-state index in [0.717, 1.165) is 38.5 Å². The molecule has 5 atom stereocenters. The molecule has 0 aromatic heterocycles. The van der Waals surface area contributed by atoms with E-state index in [0.29, 0.717) is 23.5 Å². The zero-order chi connectivity index (χ0) is 25.7. The maximum atomic E-state index is 12.7. The van der Waals surface area contributed by atoms with Gasteiger partial charge in [0.1, 0.15) is 18.4 Å². The molecule has 2 aromatic rings. The Hall–Kier alpha value is -2.91. The van der Waals surface area contributed by atoms with E-state index >= 15 is 0 Å². The molecule has 0 aliphatic heterocycles. The average molecular weight is 513 g/mol. The van der Waals surface area contributed by atoms with Gasteiger partial charge in [-0.05, 0) is 104 Å². The summed E-state index contributed by atoms with van der Waals surface area (Å²) in [4.78, 5) is 25.0. The maximum absolute atomic E-state index is 12.7. The van der Waals surface area contributed by atoms with Gasteiger partial charge >= 0.3 is 5.97 Å². The number of fused-ring (bicyclic) bond motifs is 5. The standard InChI is InChI=1S/C27H32N2O6S/c1-27-13-12-21-20-9-5-18(30)14-17(20)4-8-22(21)23(27)10-11-24(27)35-25(31)15-29-26(32)16-2-6-19(7-3-16)36(28,33)34/h2-3,5-7,9,14,21-24,30H,4,8,10-13,15H2,1H3,(H,29,32)(H2,28,33,34). The fourth-order valence-electron chi connectivity index (χ4n) is 6.97. The predicted molar refractivity (Wildman–Crippen MR) is 133 cm³/mol. The number of carbonyl (C=O) groups excluding carboxylic acids is 2. The lowest BCUT2D eigenvalue weighted by molar-refractivity contribution is -0.156. The molecule has 2 saturated carbocycles. The van der Waals surface area contributed by atoms with Crippen LogP contribution >= 0.6 is 0 Å². The first-order chi connectivity index (χ1) is 17.1. The van der Waals surface area contributed by atoms with Gasteiger partial charge in [0.15, 0.2) is 0 Å². The molecular formula is C27H32N2O6S. The number of carbonyl (C=O) groups is 2. The van der Waals surface area contributed by atoms with Crippen LogP contribution in [0.5, 0.6) is 5.75 Å². The van der Waals surface area contributed by atoms with Gasteiger partial charge in [-0.2, -0.15) is 0 Å². The summed E-state index contributed by atoms with van der Waals surface area (Å²) in [6, 6.07) is 11.0. The Morgan fingerprint density at radius 2 is 1.86 bits per heavy atom. The van der Waals surface area contributed by atoms with Crippen LogP contribution in [0.15, 0.2) is 47.4 Å². The van der Waals surface area contributed by atoms with Gasteiger partial charge in [0.25, 0.3) is 5.91 Å². The first-order valence-corrected chi connectivity index (χ1v) is 14.0. The normalized spacial score (nSPS) is 28.9. The molecule has 0 spiro atoms. The summed E-state index contributed by atoms with van der Waals surface area (Å²) in [7, 11) is -3.84. The van der Waals surface area contributed by atoms with Crippen molar-refractivity contribution >= 4 is 21.9 Å². The highest BCUT2D eigenvalue weighted by molar-refractivity contribution is 7.89. The molecule has 2 fully saturated rings. The Kier molecular flexibility index (Phi) is 6.32. The number of phenolic OH excluding ortho intramolecular Hbond substituents is 1. The zero-order valence-electron chi connectivity index (χ0n) is 20.3. The molecule has 192 valence electrons. The van der Waals surface area contributed by atoms with Gasteiger partial charge in [-0.3, -0.25) is 9.59 Å². The number of aryl methyl sites for hydroxylation is 1. The lowest BCUT2D eigenvalue weighted by atomic mass is 9.55. The number of phenols is 1. The van der Waals surface area contributed by atoms with Crippen LogP contribution in [0, 0.1) is 17.3 Å². The van der Waals surface area contributed by atoms with Crippen LogP contribution in [0.1, 0.15) is 66.4 Å². The molecule has 0 heterocycles. The molecule has 1 amide bonds. The zero-order valence-corrected chi connectivity index (χ0v) is 21.1. The van der Waals surface area contributed by atoms with Crippen molar-refractivity contribution in [2.24, 2.45) is 22.4 Å². The van der Waals surface area contributed by atoms with E-state index in [-0.39, 0.29) is 28.5 Å². The highest BCUT2D eigenvalue weighted by Gasteiger charge is 2.56. The lowest BCUT2D eigenvalue weighted by Gasteiger charge is -2.50. The summed E-state index contributed by atoms with van der Waals surface area (Å²) >= 11 is 0. The smallest absolute Gasteiger partial charge is 0.325 e. The summed E-state index contributed by atoms with van der Waals surface area (Å²) < 4.78 is 28.7. The first kappa shape index (κ1) is 24.8. The van der Waals surface area contributed by atoms with Crippen LogP contribution in [0.25, 0.3) is 0 Å². The summed E-state index contributed by atoms with van der Waals surface area (Å²) in [5.74, 6) is 0.876. The highest BCUT2D eigenvalue weighted by Crippen LogP contribution is 2.61. The van der Waals surface area contributed by atoms with Crippen molar-refractivity contribution in [2.45, 2.75) is 62.4 Å². The van der Waals surface area contributed by atoms with Crippen LogP contribution in [-0.4, -0.2) is 38.0 Å². The Balaban J connectivity index is 1.19. The minimum atomic E-state index is -3.84. The van der Waals surface area contributed by atoms with E-state index in [1.807, 2.05) is 6.07 Å². The Morgan fingerprint density at radius 3 is 2.58 bits per heavy atom. The number of nitrogens with two attached hydrogens (primary N) is 1. The van der Waals surface area contributed by atoms with Gasteiger partial charge in [-0.25, -0.2) is 13.6 Å². The predicted octanol–water partition coefficient (Wildman–Crippen LogP) is 3.24. The second-order valence-electron chi connectivity index (χ2n) is 10.7. The second-order valence-corrected chi connectivity index (χ2v) is 12.2. The number of benzene rings is 2. The molecule has 9 heteroatoms. The molecular weight excluding hydrogens is 480 g/mol. The number of amides is 1. The van der Waals surface area contributed by atoms with Gasteiger partial charge in [-0.1, -0.05) is 13.0 Å². The van der Waals surface area contributed by atoms with Crippen molar-refractivity contribution in [3.8, 4) is 5.75 Å². The van der Waals surface area contributed by atoms with Crippen LogP contribution < -0.4 is 10.5 Å². The number of esters is 1. The van der Waals surface area contributed by atoms with Crippen molar-refractivity contribution < 1.29 is 27.9 Å². The lowest BCUT2D eigenvalue weighted by Crippen LogP contribution is -2.45. The average Bonchev–Trinajstić information content (AvgIpc) is 3.17. The summed E-state index contributed by atoms with van der Waals surface area (Å²) in [5.41, 5.74) is 2.77. The molecule has 5 rings (SSSR count). The van der Waals surface area contributed by atoms with Crippen molar-refractivity contribution in [2.75, 3.05) is 6.54 Å². The van der Waals surface area contributed by atoms with Crippen LogP contribution in [0.4, 0.5) is 0 Å². The van der Waals surface area contributed by atoms with Gasteiger partial charge in [0, 0.05) is 11.0 Å². The topological polar surface area (TPSA) is 136 Å². The minimum Gasteiger partial charge on any atom is -0.508 e. The van der Waals surface area contributed by atoms with Crippen molar-refractivity contribution in [3.63, 3.8) is 0 Å². The van der Waals surface area contributed by atoms with E-state index in [1.165, 1.54) is 35.4 Å². The number of aromatic hydroxyl groups is 1. The molecule has 3 aliphatic rings. The van der Waals surface area contributed by atoms with Crippen LogP contribution in [-0.2, 0) is 26.0 Å². The third-order valence-corrected chi connectivity index (χ3v) is 9.66. The summed E-state index contributed by atoms with van der Waals surface area (Å²) in [6.45, 7) is 1.99. The van der Waals surface area contributed by atoms with Crippen LogP contribution in [0.2, 0.25) is 0 Å². The van der Waals surface area contributed by atoms with E-state index < -0.39 is 21.9 Å². The number of rotatable bonds is 5. The van der Waals surface area contributed by atoms with E-state index in [9.17, 15) is 23.1 Å². The highest BCUT2D eigenvalue weighted by atomic mass is 32.2. The quantitative estimate of drug-likeness (QED) is 0.526. The largest absolute Gasteiger partial charge is 0.508 e. The number of nitrogens with one attached hydrogen (secondary N) is 1. The van der Waals surface area contributed by atoms with Gasteiger partial charge in [0.05, 0.1) is 4.90 Å². The number of hydrogen-bond acceptors (Lipinski definition) is 6. The third kappa shape index (κ3) is 4.50. The van der Waals surface area contributed by atoms with Gasteiger partial charge in [0.2, 0.25) is 10.0 Å². The first-order valence-electron chi connectivity index (χ1n) is 12.5. The second kappa shape index (κ2) is 9.19. The molecule has 0 bridgehead atoms. The molecule has 5 unspecified atom stereocenters. The minimum absolute atomic E-state index is 0.0845. The van der Waals surface area contributed by atoms with Crippen molar-refractivity contribution in [1.29, 1.82) is 0 Å². The molecule has 8 nitrogen and oxygen atoms in total. The molecule has 0 radical (unpaired) electrons. The molecule has 4 N–H and O–H groups in total. The van der Waals surface area contributed by atoms with Crippen molar-refractivity contribution in [1.82, 2.24) is 5.32 Å². The fraction of sp³-hybridized carbons (Fsp3) is 0.481. The molecule has 2 aromatic carbocycles.